The Morgan fingerprint density at radius 3 is 2.41 bits per heavy atom. The van der Waals surface area contributed by atoms with Gasteiger partial charge in [-0.2, -0.15) is 0 Å². The molecule has 1 unspecified atom stereocenters. The second-order valence-corrected chi connectivity index (χ2v) is 6.25. The van der Waals surface area contributed by atoms with Crippen molar-refractivity contribution >= 4 is 11.8 Å². The number of rotatable bonds is 5. The molecular weight excluding hydrogens is 230 g/mol. The summed E-state index contributed by atoms with van der Waals surface area (Å²) in [5, 5.41) is 0. The van der Waals surface area contributed by atoms with E-state index in [1.54, 1.807) is 0 Å². The van der Waals surface area contributed by atoms with Crippen molar-refractivity contribution in [3.05, 3.63) is 29.8 Å². The van der Waals surface area contributed by atoms with Gasteiger partial charge in [-0.05, 0) is 36.8 Å². The van der Waals surface area contributed by atoms with Gasteiger partial charge in [0.25, 0.3) is 0 Å². The lowest BCUT2D eigenvalue weighted by Gasteiger charge is -2.43. The highest BCUT2D eigenvalue weighted by Crippen LogP contribution is 2.37. The molecule has 2 N–H and O–H groups in total. The predicted molar refractivity (Wildman–Crippen MR) is 73.6 cm³/mol. The SMILES string of the molecule is CCSc1ccc(C2(CC(C)N)COC2)cc1. The van der Waals surface area contributed by atoms with Crippen LogP contribution in [0.3, 0.4) is 0 Å². The van der Waals surface area contributed by atoms with Gasteiger partial charge < -0.3 is 10.5 Å². The first-order valence-corrected chi connectivity index (χ1v) is 7.21. The lowest BCUT2D eigenvalue weighted by atomic mass is 9.74. The fourth-order valence-electron chi connectivity index (χ4n) is 2.44. The van der Waals surface area contributed by atoms with E-state index < -0.39 is 0 Å². The van der Waals surface area contributed by atoms with Crippen LogP contribution in [0.15, 0.2) is 29.2 Å². The van der Waals surface area contributed by atoms with Gasteiger partial charge in [0.2, 0.25) is 0 Å². The summed E-state index contributed by atoms with van der Waals surface area (Å²) >= 11 is 1.88. The summed E-state index contributed by atoms with van der Waals surface area (Å²) < 4.78 is 5.41. The number of nitrogens with two attached hydrogens (primary N) is 1. The van der Waals surface area contributed by atoms with E-state index in [2.05, 4.69) is 38.1 Å². The molecule has 0 aliphatic carbocycles. The maximum Gasteiger partial charge on any atom is 0.0586 e. The van der Waals surface area contributed by atoms with Gasteiger partial charge in [0, 0.05) is 16.4 Å². The van der Waals surface area contributed by atoms with Crippen LogP contribution in [0.1, 0.15) is 25.8 Å². The Bertz CT molecular complexity index is 357. The Kier molecular flexibility index (Phi) is 4.13. The van der Waals surface area contributed by atoms with Crippen LogP contribution in [0, 0.1) is 0 Å². The van der Waals surface area contributed by atoms with Crippen molar-refractivity contribution in [1.29, 1.82) is 0 Å². The summed E-state index contributed by atoms with van der Waals surface area (Å²) in [6.45, 7) is 5.88. The molecule has 0 spiro atoms. The molecular formula is C14H21NOS. The standard InChI is InChI=1S/C14H21NOS/c1-3-17-13-6-4-12(5-7-13)14(8-11(2)15)9-16-10-14/h4-7,11H,3,8-10,15H2,1-2H3. The van der Waals surface area contributed by atoms with Crippen LogP contribution in [0.25, 0.3) is 0 Å². The minimum Gasteiger partial charge on any atom is -0.379 e. The van der Waals surface area contributed by atoms with Crippen LogP contribution >= 0.6 is 11.8 Å². The Morgan fingerprint density at radius 2 is 2.00 bits per heavy atom. The summed E-state index contributed by atoms with van der Waals surface area (Å²) in [6.07, 6.45) is 1.01. The van der Waals surface area contributed by atoms with Crippen LogP contribution in [0.4, 0.5) is 0 Å². The predicted octanol–water partition coefficient (Wildman–Crippen LogP) is 2.80. The van der Waals surface area contributed by atoms with E-state index in [1.165, 1.54) is 10.5 Å². The Balaban J connectivity index is 2.14. The molecule has 2 nitrogen and oxygen atoms in total. The molecule has 1 aliphatic rings. The molecule has 3 heteroatoms. The van der Waals surface area contributed by atoms with Gasteiger partial charge in [0.1, 0.15) is 0 Å². The summed E-state index contributed by atoms with van der Waals surface area (Å²) in [4.78, 5) is 1.34. The zero-order valence-electron chi connectivity index (χ0n) is 10.6. The molecule has 0 amide bonds. The smallest absolute Gasteiger partial charge is 0.0586 e. The van der Waals surface area contributed by atoms with Crippen LogP contribution in [-0.2, 0) is 10.2 Å². The molecule has 1 aromatic carbocycles. The van der Waals surface area contributed by atoms with Gasteiger partial charge >= 0.3 is 0 Å². The summed E-state index contributed by atoms with van der Waals surface area (Å²) in [5.74, 6) is 1.12. The van der Waals surface area contributed by atoms with Crippen LogP contribution in [-0.4, -0.2) is 25.0 Å². The fourth-order valence-corrected chi connectivity index (χ4v) is 3.10. The van der Waals surface area contributed by atoms with E-state index in [0.29, 0.717) is 0 Å². The second kappa shape index (κ2) is 5.42. The molecule has 0 radical (unpaired) electrons. The molecule has 1 aliphatic heterocycles. The quantitative estimate of drug-likeness (QED) is 0.817. The average Bonchev–Trinajstić information content (AvgIpc) is 2.25. The maximum atomic E-state index is 5.94. The van der Waals surface area contributed by atoms with Crippen molar-refractivity contribution in [2.45, 2.75) is 36.6 Å². The number of hydrogen-bond donors (Lipinski definition) is 1. The Morgan fingerprint density at radius 1 is 1.35 bits per heavy atom. The van der Waals surface area contributed by atoms with Crippen molar-refractivity contribution < 1.29 is 4.74 Å². The Hall–Kier alpha value is -0.510. The highest BCUT2D eigenvalue weighted by Gasteiger charge is 2.40. The summed E-state index contributed by atoms with van der Waals surface area (Å²) in [5.41, 5.74) is 7.49. The minimum atomic E-state index is 0.170. The third kappa shape index (κ3) is 2.84. The highest BCUT2D eigenvalue weighted by molar-refractivity contribution is 7.99. The molecule has 1 fully saturated rings. The number of ether oxygens (including phenoxy) is 1. The molecule has 1 heterocycles. The summed E-state index contributed by atoms with van der Waals surface area (Å²) in [7, 11) is 0. The average molecular weight is 251 g/mol. The van der Waals surface area contributed by atoms with Crippen LogP contribution in [0.2, 0.25) is 0 Å². The molecule has 0 bridgehead atoms. The number of thioether (sulfide) groups is 1. The molecule has 94 valence electrons. The van der Waals surface area contributed by atoms with E-state index >= 15 is 0 Å². The first-order chi connectivity index (χ1) is 8.16. The normalized spacial score (nSPS) is 19.7. The molecule has 17 heavy (non-hydrogen) atoms. The minimum absolute atomic E-state index is 0.170. The van der Waals surface area contributed by atoms with Crippen LogP contribution < -0.4 is 5.73 Å². The van der Waals surface area contributed by atoms with E-state index in [-0.39, 0.29) is 11.5 Å². The van der Waals surface area contributed by atoms with Crippen molar-refractivity contribution in [1.82, 2.24) is 0 Å². The monoisotopic (exact) mass is 251 g/mol. The van der Waals surface area contributed by atoms with E-state index in [1.807, 2.05) is 11.8 Å². The second-order valence-electron chi connectivity index (χ2n) is 4.91. The molecule has 0 saturated carbocycles. The number of benzene rings is 1. The fraction of sp³-hybridized carbons (Fsp3) is 0.571. The zero-order chi connectivity index (χ0) is 12.3. The van der Waals surface area contributed by atoms with Crippen molar-refractivity contribution in [2.24, 2.45) is 5.73 Å². The lowest BCUT2D eigenvalue weighted by molar-refractivity contribution is -0.0665. The molecule has 0 aromatic heterocycles. The van der Waals surface area contributed by atoms with Gasteiger partial charge in [0.15, 0.2) is 0 Å². The number of hydrogen-bond acceptors (Lipinski definition) is 3. The molecule has 1 atom stereocenters. The van der Waals surface area contributed by atoms with Crippen molar-refractivity contribution in [2.75, 3.05) is 19.0 Å². The Labute approximate surface area is 108 Å². The van der Waals surface area contributed by atoms with Gasteiger partial charge in [-0.3, -0.25) is 0 Å². The van der Waals surface area contributed by atoms with Gasteiger partial charge in [-0.1, -0.05) is 19.1 Å². The van der Waals surface area contributed by atoms with Crippen LogP contribution in [0.5, 0.6) is 0 Å². The first kappa shape index (κ1) is 12.9. The van der Waals surface area contributed by atoms with Gasteiger partial charge in [-0.25, -0.2) is 0 Å². The third-order valence-electron chi connectivity index (χ3n) is 3.25. The highest BCUT2D eigenvalue weighted by atomic mass is 32.2. The summed E-state index contributed by atoms with van der Waals surface area (Å²) in [6, 6.07) is 9.13. The lowest BCUT2D eigenvalue weighted by Crippen LogP contribution is -2.49. The topological polar surface area (TPSA) is 35.2 Å². The van der Waals surface area contributed by atoms with Gasteiger partial charge in [0.05, 0.1) is 13.2 Å². The van der Waals surface area contributed by atoms with E-state index in [0.717, 1.165) is 25.4 Å². The molecule has 2 rings (SSSR count). The maximum absolute atomic E-state index is 5.94. The van der Waals surface area contributed by atoms with Crippen molar-refractivity contribution in [3.63, 3.8) is 0 Å². The van der Waals surface area contributed by atoms with Crippen molar-refractivity contribution in [3.8, 4) is 0 Å². The van der Waals surface area contributed by atoms with Gasteiger partial charge in [-0.15, -0.1) is 11.8 Å². The zero-order valence-corrected chi connectivity index (χ0v) is 11.4. The molecule has 1 aromatic rings. The third-order valence-corrected chi connectivity index (χ3v) is 4.14. The van der Waals surface area contributed by atoms with E-state index in [4.69, 9.17) is 10.5 Å². The molecule has 1 saturated heterocycles. The first-order valence-electron chi connectivity index (χ1n) is 6.23. The van der Waals surface area contributed by atoms with E-state index in [9.17, 15) is 0 Å². The largest absolute Gasteiger partial charge is 0.379 e.